The lowest BCUT2D eigenvalue weighted by atomic mass is 10.2. The number of aromatic amines is 1. The van der Waals surface area contributed by atoms with Gasteiger partial charge in [0.25, 0.3) is 0 Å². The van der Waals surface area contributed by atoms with Crippen molar-refractivity contribution in [3.8, 4) is 5.75 Å². The zero-order valence-corrected chi connectivity index (χ0v) is 11.1. The number of nitro benzene ring substituents is 1. The van der Waals surface area contributed by atoms with Crippen LogP contribution in [-0.4, -0.2) is 28.5 Å². The Hall–Kier alpha value is -2.57. The summed E-state index contributed by atoms with van der Waals surface area (Å²) < 4.78 is 5.02. The fourth-order valence-electron chi connectivity index (χ4n) is 1.93. The van der Waals surface area contributed by atoms with Crippen LogP contribution in [-0.2, 0) is 6.42 Å². The number of para-hydroxylation sites is 1. The van der Waals surface area contributed by atoms with E-state index >= 15 is 0 Å². The van der Waals surface area contributed by atoms with Crippen molar-refractivity contribution in [1.29, 1.82) is 0 Å². The first-order valence-corrected chi connectivity index (χ1v) is 6.26. The summed E-state index contributed by atoms with van der Waals surface area (Å²) in [4.78, 5) is 17.8. The molecule has 0 bridgehead atoms. The van der Waals surface area contributed by atoms with Crippen molar-refractivity contribution >= 4 is 11.4 Å². The lowest BCUT2D eigenvalue weighted by molar-refractivity contribution is -0.384. The molecule has 0 aliphatic rings. The van der Waals surface area contributed by atoms with Gasteiger partial charge >= 0.3 is 5.69 Å². The predicted octanol–water partition coefficient (Wildman–Crippen LogP) is 2.37. The fourth-order valence-corrected chi connectivity index (χ4v) is 1.93. The maximum atomic E-state index is 11.1. The molecule has 106 valence electrons. The molecular formula is C13H16N4O3. The van der Waals surface area contributed by atoms with Crippen LogP contribution >= 0.6 is 0 Å². The quantitative estimate of drug-likeness (QED) is 0.460. The highest BCUT2D eigenvalue weighted by Gasteiger charge is 2.19. The van der Waals surface area contributed by atoms with Gasteiger partial charge in [-0.1, -0.05) is 6.07 Å². The topological polar surface area (TPSA) is 93.1 Å². The van der Waals surface area contributed by atoms with Crippen molar-refractivity contribution in [2.24, 2.45) is 0 Å². The van der Waals surface area contributed by atoms with E-state index in [2.05, 4.69) is 15.3 Å². The maximum absolute atomic E-state index is 11.1. The average Bonchev–Trinajstić information content (AvgIpc) is 2.96. The first kappa shape index (κ1) is 13.9. The van der Waals surface area contributed by atoms with Gasteiger partial charge in [-0.25, -0.2) is 4.98 Å². The minimum Gasteiger partial charge on any atom is -0.490 e. The molecule has 20 heavy (non-hydrogen) atoms. The van der Waals surface area contributed by atoms with Crippen LogP contribution in [0.5, 0.6) is 5.75 Å². The van der Waals surface area contributed by atoms with Crippen molar-refractivity contribution in [3.05, 3.63) is 46.5 Å². The number of benzene rings is 1. The second-order valence-corrected chi connectivity index (χ2v) is 4.18. The van der Waals surface area contributed by atoms with Gasteiger partial charge in [0.1, 0.15) is 11.5 Å². The minimum absolute atomic E-state index is 0.0343. The van der Waals surface area contributed by atoms with E-state index in [0.717, 1.165) is 18.7 Å². The smallest absolute Gasteiger partial charge is 0.333 e. The second kappa shape index (κ2) is 6.55. The predicted molar refractivity (Wildman–Crippen MR) is 75.0 cm³/mol. The standard InChI is InChI=1S/C13H16N4O3/c1-20-11-5-2-4-10(13(11)17(18)19)14-7-3-6-12-15-8-9-16-12/h2,4-5,8-9,14H,3,6-7H2,1H3,(H,15,16). The highest BCUT2D eigenvalue weighted by Crippen LogP contribution is 2.34. The number of nitrogens with zero attached hydrogens (tertiary/aromatic N) is 2. The van der Waals surface area contributed by atoms with E-state index in [9.17, 15) is 10.1 Å². The zero-order chi connectivity index (χ0) is 14.4. The first-order chi connectivity index (χ1) is 9.72. The van der Waals surface area contributed by atoms with Crippen LogP contribution in [0.15, 0.2) is 30.6 Å². The fraction of sp³-hybridized carbons (Fsp3) is 0.308. The molecule has 2 N–H and O–H groups in total. The largest absolute Gasteiger partial charge is 0.490 e. The lowest BCUT2D eigenvalue weighted by Crippen LogP contribution is -2.06. The van der Waals surface area contributed by atoms with Crippen LogP contribution in [0.4, 0.5) is 11.4 Å². The number of rotatable bonds is 7. The Morgan fingerprint density at radius 3 is 3.00 bits per heavy atom. The number of methoxy groups -OCH3 is 1. The van der Waals surface area contributed by atoms with Gasteiger partial charge in [-0.3, -0.25) is 10.1 Å². The van der Waals surface area contributed by atoms with Crippen LogP contribution < -0.4 is 10.1 Å². The Morgan fingerprint density at radius 2 is 2.35 bits per heavy atom. The van der Waals surface area contributed by atoms with Crippen LogP contribution in [0.2, 0.25) is 0 Å². The van der Waals surface area contributed by atoms with Gasteiger partial charge in [-0.05, 0) is 18.6 Å². The van der Waals surface area contributed by atoms with E-state index in [1.54, 1.807) is 30.6 Å². The van der Waals surface area contributed by atoms with Crippen LogP contribution in [0.1, 0.15) is 12.2 Å². The molecule has 0 spiro atoms. The van der Waals surface area contributed by atoms with E-state index in [4.69, 9.17) is 4.74 Å². The number of aryl methyl sites for hydroxylation is 1. The number of hydrogen-bond acceptors (Lipinski definition) is 5. The third kappa shape index (κ3) is 3.25. The van der Waals surface area contributed by atoms with Gasteiger partial charge in [-0.2, -0.15) is 0 Å². The minimum atomic E-state index is -0.437. The molecule has 7 heteroatoms. The molecule has 2 aromatic rings. The summed E-state index contributed by atoms with van der Waals surface area (Å²) in [5.41, 5.74) is 0.432. The molecule has 2 rings (SSSR count). The molecule has 1 heterocycles. The molecule has 0 radical (unpaired) electrons. The van der Waals surface area contributed by atoms with Crippen molar-refractivity contribution < 1.29 is 9.66 Å². The van der Waals surface area contributed by atoms with E-state index in [1.165, 1.54) is 7.11 Å². The van der Waals surface area contributed by atoms with Gasteiger partial charge in [0.15, 0.2) is 5.75 Å². The van der Waals surface area contributed by atoms with Crippen molar-refractivity contribution in [2.75, 3.05) is 19.0 Å². The Balaban J connectivity index is 1.96. The number of hydrogen-bond donors (Lipinski definition) is 2. The average molecular weight is 276 g/mol. The molecule has 0 atom stereocenters. The monoisotopic (exact) mass is 276 g/mol. The van der Waals surface area contributed by atoms with Gasteiger partial charge in [0.05, 0.1) is 12.0 Å². The highest BCUT2D eigenvalue weighted by atomic mass is 16.6. The maximum Gasteiger partial charge on any atom is 0.333 e. The Labute approximate surface area is 116 Å². The molecule has 0 aliphatic carbocycles. The van der Waals surface area contributed by atoms with E-state index in [-0.39, 0.29) is 11.4 Å². The van der Waals surface area contributed by atoms with E-state index in [1.807, 2.05) is 0 Å². The summed E-state index contributed by atoms with van der Waals surface area (Å²) in [6, 6.07) is 4.97. The zero-order valence-electron chi connectivity index (χ0n) is 11.1. The number of aromatic nitrogens is 2. The molecule has 0 fully saturated rings. The van der Waals surface area contributed by atoms with Crippen LogP contribution in [0, 0.1) is 10.1 Å². The molecule has 0 aliphatic heterocycles. The summed E-state index contributed by atoms with van der Waals surface area (Å²) >= 11 is 0. The van der Waals surface area contributed by atoms with E-state index < -0.39 is 4.92 Å². The number of anilines is 1. The van der Waals surface area contributed by atoms with Gasteiger partial charge < -0.3 is 15.0 Å². The summed E-state index contributed by atoms with van der Waals surface area (Å²) in [7, 11) is 1.42. The number of ether oxygens (including phenoxy) is 1. The molecule has 0 amide bonds. The third-order valence-corrected chi connectivity index (χ3v) is 2.86. The van der Waals surface area contributed by atoms with Gasteiger partial charge in [0, 0.05) is 25.4 Å². The number of imidazole rings is 1. The van der Waals surface area contributed by atoms with Crippen LogP contribution in [0.25, 0.3) is 0 Å². The number of nitro groups is 1. The molecular weight excluding hydrogens is 260 g/mol. The Morgan fingerprint density at radius 1 is 1.50 bits per heavy atom. The Kier molecular flexibility index (Phi) is 4.54. The molecule has 0 saturated heterocycles. The number of nitrogens with one attached hydrogen (secondary N) is 2. The summed E-state index contributed by atoms with van der Waals surface area (Å²) in [5, 5.41) is 14.2. The summed E-state index contributed by atoms with van der Waals surface area (Å²) in [6.45, 7) is 0.620. The van der Waals surface area contributed by atoms with Gasteiger partial charge in [-0.15, -0.1) is 0 Å². The molecule has 0 saturated carbocycles. The van der Waals surface area contributed by atoms with E-state index in [0.29, 0.717) is 12.2 Å². The molecule has 0 unspecified atom stereocenters. The summed E-state index contributed by atoms with van der Waals surface area (Å²) in [5.74, 6) is 1.16. The lowest BCUT2D eigenvalue weighted by Gasteiger charge is -2.09. The third-order valence-electron chi connectivity index (χ3n) is 2.86. The second-order valence-electron chi connectivity index (χ2n) is 4.18. The van der Waals surface area contributed by atoms with Crippen LogP contribution in [0.3, 0.4) is 0 Å². The summed E-state index contributed by atoms with van der Waals surface area (Å²) in [6.07, 6.45) is 5.09. The molecule has 7 nitrogen and oxygen atoms in total. The highest BCUT2D eigenvalue weighted by molar-refractivity contribution is 5.68. The van der Waals surface area contributed by atoms with Gasteiger partial charge in [0.2, 0.25) is 0 Å². The number of H-pyrrole nitrogens is 1. The Bertz CT molecular complexity index is 569. The van der Waals surface area contributed by atoms with Crippen molar-refractivity contribution in [2.45, 2.75) is 12.8 Å². The first-order valence-electron chi connectivity index (χ1n) is 6.26. The normalized spacial score (nSPS) is 10.2. The molecule has 1 aromatic carbocycles. The molecule has 1 aromatic heterocycles. The van der Waals surface area contributed by atoms with Crippen molar-refractivity contribution in [3.63, 3.8) is 0 Å². The van der Waals surface area contributed by atoms with Crippen molar-refractivity contribution in [1.82, 2.24) is 9.97 Å². The SMILES string of the molecule is COc1cccc(NCCCc2ncc[nH]2)c1[N+](=O)[O-].